The van der Waals surface area contributed by atoms with Gasteiger partial charge in [0, 0.05) is 18.5 Å². The molecule has 2 aromatic rings. The molecule has 2 aromatic heterocycles. The minimum absolute atomic E-state index is 0.235. The van der Waals surface area contributed by atoms with Gasteiger partial charge in [0.25, 0.3) is 0 Å². The second-order valence-electron chi connectivity index (χ2n) is 4.48. The number of nitrogens with one attached hydrogen (secondary N) is 1. The Morgan fingerprint density at radius 2 is 2.16 bits per heavy atom. The van der Waals surface area contributed by atoms with Gasteiger partial charge in [0.2, 0.25) is 0 Å². The molecule has 0 saturated carbocycles. The summed E-state index contributed by atoms with van der Waals surface area (Å²) < 4.78 is 1.97. The first-order valence-corrected chi connectivity index (χ1v) is 6.63. The Hall–Kier alpha value is -1.69. The summed E-state index contributed by atoms with van der Waals surface area (Å²) in [6, 6.07) is 1.71. The standard InChI is InChI=1S/C12H17ClN6/c1-4-19-7-15-18-11(19)6-14-10-5-9(13)16-12(17-10)8(2)3/h5,7-8H,4,6H2,1-3H3,(H,14,16,17). The van der Waals surface area contributed by atoms with E-state index in [9.17, 15) is 0 Å². The highest BCUT2D eigenvalue weighted by Crippen LogP contribution is 2.17. The molecule has 0 bridgehead atoms. The third kappa shape index (κ3) is 3.41. The van der Waals surface area contributed by atoms with Crippen LogP contribution in [0.5, 0.6) is 0 Å². The van der Waals surface area contributed by atoms with Crippen molar-refractivity contribution in [2.24, 2.45) is 0 Å². The maximum atomic E-state index is 5.99. The van der Waals surface area contributed by atoms with Crippen molar-refractivity contribution in [1.82, 2.24) is 24.7 Å². The monoisotopic (exact) mass is 280 g/mol. The molecule has 2 heterocycles. The molecule has 0 fully saturated rings. The van der Waals surface area contributed by atoms with Crippen molar-refractivity contribution in [2.45, 2.75) is 39.8 Å². The Kier molecular flexibility index (Phi) is 4.31. The number of aryl methyl sites for hydroxylation is 1. The predicted octanol–water partition coefficient (Wildman–Crippen LogP) is 2.48. The Balaban J connectivity index is 2.11. The first-order chi connectivity index (χ1) is 9.10. The van der Waals surface area contributed by atoms with Crippen molar-refractivity contribution >= 4 is 17.4 Å². The van der Waals surface area contributed by atoms with Gasteiger partial charge in [0.1, 0.15) is 23.1 Å². The summed E-state index contributed by atoms with van der Waals surface area (Å²) in [5.74, 6) is 2.53. The van der Waals surface area contributed by atoms with Crippen LogP contribution >= 0.6 is 11.6 Å². The van der Waals surface area contributed by atoms with Crippen LogP contribution in [-0.4, -0.2) is 24.7 Å². The first kappa shape index (κ1) is 13.7. The third-order valence-corrected chi connectivity index (χ3v) is 2.89. The molecule has 0 radical (unpaired) electrons. The Morgan fingerprint density at radius 1 is 1.37 bits per heavy atom. The van der Waals surface area contributed by atoms with Gasteiger partial charge in [-0.2, -0.15) is 0 Å². The van der Waals surface area contributed by atoms with Gasteiger partial charge in [-0.05, 0) is 6.92 Å². The van der Waals surface area contributed by atoms with E-state index < -0.39 is 0 Å². The molecule has 0 spiro atoms. The molecule has 0 atom stereocenters. The quantitative estimate of drug-likeness (QED) is 0.852. The highest BCUT2D eigenvalue weighted by molar-refractivity contribution is 6.29. The van der Waals surface area contributed by atoms with Crippen molar-refractivity contribution in [3.05, 3.63) is 29.2 Å². The van der Waals surface area contributed by atoms with Gasteiger partial charge in [-0.15, -0.1) is 10.2 Å². The molecule has 0 saturated heterocycles. The maximum Gasteiger partial charge on any atom is 0.152 e. The molecule has 19 heavy (non-hydrogen) atoms. The number of nitrogens with zero attached hydrogens (tertiary/aromatic N) is 5. The lowest BCUT2D eigenvalue weighted by molar-refractivity contribution is 0.706. The summed E-state index contributed by atoms with van der Waals surface area (Å²) in [6.45, 7) is 7.50. The van der Waals surface area contributed by atoms with E-state index in [1.165, 1.54) is 0 Å². The molecule has 102 valence electrons. The highest BCUT2D eigenvalue weighted by Gasteiger charge is 2.08. The molecular weight excluding hydrogens is 264 g/mol. The van der Waals surface area contributed by atoms with E-state index in [0.717, 1.165) is 18.2 Å². The van der Waals surface area contributed by atoms with Gasteiger partial charge in [-0.1, -0.05) is 25.4 Å². The lowest BCUT2D eigenvalue weighted by atomic mass is 10.2. The van der Waals surface area contributed by atoms with E-state index in [-0.39, 0.29) is 5.92 Å². The largest absolute Gasteiger partial charge is 0.363 e. The number of aromatic nitrogens is 5. The number of hydrogen-bond acceptors (Lipinski definition) is 5. The van der Waals surface area contributed by atoms with Gasteiger partial charge in [0.15, 0.2) is 5.82 Å². The van der Waals surface area contributed by atoms with Crippen LogP contribution in [0.15, 0.2) is 12.4 Å². The zero-order valence-electron chi connectivity index (χ0n) is 11.3. The molecule has 0 aliphatic carbocycles. The zero-order chi connectivity index (χ0) is 13.8. The zero-order valence-corrected chi connectivity index (χ0v) is 12.0. The van der Waals surface area contributed by atoms with Crippen molar-refractivity contribution < 1.29 is 0 Å². The highest BCUT2D eigenvalue weighted by atomic mass is 35.5. The molecule has 2 rings (SSSR count). The maximum absolute atomic E-state index is 5.99. The number of anilines is 1. The van der Waals surface area contributed by atoms with Crippen LogP contribution in [-0.2, 0) is 13.1 Å². The van der Waals surface area contributed by atoms with E-state index in [2.05, 4.69) is 25.5 Å². The number of halogens is 1. The summed E-state index contributed by atoms with van der Waals surface area (Å²) in [5, 5.41) is 11.6. The molecule has 0 aliphatic heterocycles. The lowest BCUT2D eigenvalue weighted by Crippen LogP contribution is -2.10. The van der Waals surface area contributed by atoms with Crippen LogP contribution in [0.25, 0.3) is 0 Å². The van der Waals surface area contributed by atoms with E-state index >= 15 is 0 Å². The van der Waals surface area contributed by atoms with Gasteiger partial charge >= 0.3 is 0 Å². The smallest absolute Gasteiger partial charge is 0.152 e. The number of hydrogen-bond donors (Lipinski definition) is 1. The van der Waals surface area contributed by atoms with Crippen LogP contribution in [0.4, 0.5) is 5.82 Å². The molecule has 0 amide bonds. The summed E-state index contributed by atoms with van der Waals surface area (Å²) in [7, 11) is 0. The summed E-state index contributed by atoms with van der Waals surface area (Å²) in [4.78, 5) is 8.62. The molecule has 0 unspecified atom stereocenters. The molecule has 6 nitrogen and oxygen atoms in total. The molecule has 1 N–H and O–H groups in total. The van der Waals surface area contributed by atoms with Crippen molar-refractivity contribution in [2.75, 3.05) is 5.32 Å². The Morgan fingerprint density at radius 3 is 2.84 bits per heavy atom. The molecule has 7 heteroatoms. The normalized spacial score (nSPS) is 11.0. The van der Waals surface area contributed by atoms with Gasteiger partial charge < -0.3 is 9.88 Å². The average molecular weight is 281 g/mol. The molecule has 0 aliphatic rings. The fourth-order valence-corrected chi connectivity index (χ4v) is 1.82. The fourth-order valence-electron chi connectivity index (χ4n) is 1.63. The van der Waals surface area contributed by atoms with E-state index in [1.54, 1.807) is 12.4 Å². The predicted molar refractivity (Wildman–Crippen MR) is 74.2 cm³/mol. The van der Waals surface area contributed by atoms with Crippen LogP contribution < -0.4 is 5.32 Å². The second kappa shape index (κ2) is 5.97. The summed E-state index contributed by atoms with van der Waals surface area (Å²) in [5.41, 5.74) is 0. The topological polar surface area (TPSA) is 68.5 Å². The van der Waals surface area contributed by atoms with Crippen LogP contribution in [0.1, 0.15) is 38.3 Å². The van der Waals surface area contributed by atoms with Crippen LogP contribution in [0, 0.1) is 0 Å². The summed E-state index contributed by atoms with van der Waals surface area (Å²) >= 11 is 5.99. The van der Waals surface area contributed by atoms with E-state index in [1.807, 2.05) is 25.3 Å². The first-order valence-electron chi connectivity index (χ1n) is 6.25. The molecule has 0 aromatic carbocycles. The average Bonchev–Trinajstić information content (AvgIpc) is 2.83. The van der Waals surface area contributed by atoms with E-state index in [4.69, 9.17) is 11.6 Å². The van der Waals surface area contributed by atoms with E-state index in [0.29, 0.717) is 17.5 Å². The van der Waals surface area contributed by atoms with Gasteiger partial charge in [-0.25, -0.2) is 9.97 Å². The van der Waals surface area contributed by atoms with Crippen molar-refractivity contribution in [1.29, 1.82) is 0 Å². The van der Waals surface area contributed by atoms with Crippen LogP contribution in [0.3, 0.4) is 0 Å². The SMILES string of the molecule is CCn1cnnc1CNc1cc(Cl)nc(C(C)C)n1. The minimum Gasteiger partial charge on any atom is -0.363 e. The van der Waals surface area contributed by atoms with Crippen molar-refractivity contribution in [3.8, 4) is 0 Å². The van der Waals surface area contributed by atoms with Gasteiger partial charge in [0.05, 0.1) is 6.54 Å². The summed E-state index contributed by atoms with van der Waals surface area (Å²) in [6.07, 6.45) is 1.71. The minimum atomic E-state index is 0.235. The number of rotatable bonds is 5. The second-order valence-corrected chi connectivity index (χ2v) is 4.86. The lowest BCUT2D eigenvalue weighted by Gasteiger charge is -2.09. The Bertz CT molecular complexity index is 551. The van der Waals surface area contributed by atoms with Gasteiger partial charge in [-0.3, -0.25) is 0 Å². The molecular formula is C12H17ClN6. The Labute approximate surface area is 117 Å². The van der Waals surface area contributed by atoms with Crippen LogP contribution in [0.2, 0.25) is 5.15 Å². The third-order valence-electron chi connectivity index (χ3n) is 2.69. The van der Waals surface area contributed by atoms with Crippen molar-refractivity contribution in [3.63, 3.8) is 0 Å². The fraction of sp³-hybridized carbons (Fsp3) is 0.500.